The average Bonchev–Trinajstić information content (AvgIpc) is 2.61. The summed E-state index contributed by atoms with van der Waals surface area (Å²) in [6.07, 6.45) is 0.556. The zero-order valence-electron chi connectivity index (χ0n) is 20.8. The van der Waals surface area contributed by atoms with E-state index in [0.29, 0.717) is 11.0 Å². The summed E-state index contributed by atoms with van der Waals surface area (Å²) in [5.41, 5.74) is -0.554. The number of carbonyl (C=O) groups is 2. The van der Waals surface area contributed by atoms with E-state index < -0.39 is 41.9 Å². The number of carboxylic acids is 1. The van der Waals surface area contributed by atoms with Gasteiger partial charge in [-0.05, 0) is 26.7 Å². The molecule has 0 aromatic carbocycles. The summed E-state index contributed by atoms with van der Waals surface area (Å²) in [5.74, 6) is -1.13. The van der Waals surface area contributed by atoms with E-state index in [1.165, 1.54) is 6.20 Å². The van der Waals surface area contributed by atoms with Crippen molar-refractivity contribution in [3.05, 3.63) is 18.3 Å². The Morgan fingerprint density at radius 3 is 2.03 bits per heavy atom. The number of ether oxygens (including phenoxy) is 2. The molecule has 0 saturated carbocycles. The summed E-state index contributed by atoms with van der Waals surface area (Å²) in [4.78, 5) is 27.6. The van der Waals surface area contributed by atoms with Gasteiger partial charge >= 0.3 is 5.97 Å². The van der Waals surface area contributed by atoms with Crippen molar-refractivity contribution in [3.8, 4) is 0 Å². The highest BCUT2D eigenvalue weighted by molar-refractivity contribution is 6.90. The Kier molecular flexibility index (Phi) is 9.16. The predicted octanol–water partition coefficient (Wildman–Crippen LogP) is 4.27. The Labute approximate surface area is 192 Å². The van der Waals surface area contributed by atoms with Gasteiger partial charge in [-0.1, -0.05) is 68.4 Å². The van der Waals surface area contributed by atoms with Crippen LogP contribution in [0.15, 0.2) is 18.3 Å². The third-order valence-electron chi connectivity index (χ3n) is 5.25. The fourth-order valence-electron chi connectivity index (χ4n) is 3.92. The van der Waals surface area contributed by atoms with Gasteiger partial charge in [0.1, 0.15) is 12.4 Å². The molecule has 0 aliphatic carbocycles. The van der Waals surface area contributed by atoms with E-state index in [1.54, 1.807) is 32.9 Å². The van der Waals surface area contributed by atoms with Crippen LogP contribution >= 0.6 is 0 Å². The van der Waals surface area contributed by atoms with Crippen LogP contribution in [0.5, 0.6) is 0 Å². The van der Waals surface area contributed by atoms with Crippen molar-refractivity contribution in [1.82, 2.24) is 4.98 Å². The third kappa shape index (κ3) is 7.08. The smallest absolute Gasteiger partial charge is 0.333 e. The number of carboxylic acid groups (broad SMARTS) is 1. The lowest BCUT2D eigenvalue weighted by atomic mass is 9.89. The number of amides is 1. The van der Waals surface area contributed by atoms with Gasteiger partial charge in [-0.15, -0.1) is 0 Å². The quantitative estimate of drug-likeness (QED) is 0.318. The van der Waals surface area contributed by atoms with E-state index in [2.05, 4.69) is 10.3 Å². The van der Waals surface area contributed by atoms with Crippen LogP contribution in [0.25, 0.3) is 0 Å². The highest BCUT2D eigenvalue weighted by Gasteiger charge is 2.56. The molecule has 32 heavy (non-hydrogen) atoms. The van der Waals surface area contributed by atoms with Crippen molar-refractivity contribution in [3.63, 3.8) is 0 Å². The molecule has 2 N–H and O–H groups in total. The van der Waals surface area contributed by atoms with Crippen molar-refractivity contribution in [2.45, 2.75) is 78.5 Å². The number of nitrogens with one attached hydrogen (secondary N) is 1. The van der Waals surface area contributed by atoms with Gasteiger partial charge in [-0.25, -0.2) is 9.78 Å². The van der Waals surface area contributed by atoms with Gasteiger partial charge in [-0.2, -0.15) is 0 Å². The first-order chi connectivity index (χ1) is 14.4. The van der Waals surface area contributed by atoms with Crippen LogP contribution in [0.4, 0.5) is 9.93 Å². The monoisotopic (exact) mass is 470 g/mol. The van der Waals surface area contributed by atoms with Crippen LogP contribution in [-0.4, -0.2) is 56.3 Å². The van der Waals surface area contributed by atoms with Crippen molar-refractivity contribution in [1.29, 1.82) is 0 Å². The zero-order chi connectivity index (χ0) is 25.0. The maximum Gasteiger partial charge on any atom is 0.333 e. The SMILES string of the molecule is CC(C)(C)C(OCCOCC(=O)Nc1ccc([Si](F)(C(C)(C)C)C(C)(C)C)cn1)C(=O)O. The summed E-state index contributed by atoms with van der Waals surface area (Å²) < 4.78 is 26.9. The third-order valence-corrected chi connectivity index (χ3v) is 10.5. The first kappa shape index (κ1) is 28.2. The molecule has 1 aromatic rings. The van der Waals surface area contributed by atoms with Crippen LogP contribution < -0.4 is 10.5 Å². The Balaban J connectivity index is 2.63. The van der Waals surface area contributed by atoms with E-state index in [9.17, 15) is 14.7 Å². The maximum atomic E-state index is 16.3. The van der Waals surface area contributed by atoms with Crippen LogP contribution in [-0.2, 0) is 19.1 Å². The van der Waals surface area contributed by atoms with Crippen LogP contribution in [0.3, 0.4) is 0 Å². The molecule has 1 aromatic heterocycles. The molecule has 182 valence electrons. The zero-order valence-corrected chi connectivity index (χ0v) is 21.8. The summed E-state index contributed by atoms with van der Waals surface area (Å²) >= 11 is 0. The van der Waals surface area contributed by atoms with E-state index in [-0.39, 0.29) is 19.8 Å². The molecule has 0 radical (unpaired) electrons. The number of rotatable bonds is 9. The van der Waals surface area contributed by atoms with Gasteiger partial charge in [0.15, 0.2) is 6.10 Å². The molecular formula is C23H39FN2O5Si. The number of carbonyl (C=O) groups excluding carboxylic acids is 1. The summed E-state index contributed by atoms with van der Waals surface area (Å²) in [7, 11) is -3.41. The highest BCUT2D eigenvalue weighted by atomic mass is 28.4. The number of aromatic nitrogens is 1. The Morgan fingerprint density at radius 2 is 1.62 bits per heavy atom. The molecule has 9 heteroatoms. The first-order valence-electron chi connectivity index (χ1n) is 10.8. The van der Waals surface area contributed by atoms with Crippen LogP contribution in [0, 0.1) is 5.41 Å². The second-order valence-corrected chi connectivity index (χ2v) is 16.0. The molecule has 0 bridgehead atoms. The van der Waals surface area contributed by atoms with E-state index in [1.807, 2.05) is 41.5 Å². The van der Waals surface area contributed by atoms with Gasteiger partial charge in [-0.3, -0.25) is 4.79 Å². The lowest BCUT2D eigenvalue weighted by Crippen LogP contribution is -2.58. The average molecular weight is 471 g/mol. The number of hydrogen-bond donors (Lipinski definition) is 2. The molecule has 1 amide bonds. The van der Waals surface area contributed by atoms with Crippen molar-refractivity contribution < 1.29 is 28.3 Å². The Hall–Kier alpha value is -1.84. The van der Waals surface area contributed by atoms with Crippen LogP contribution in [0.2, 0.25) is 10.1 Å². The van der Waals surface area contributed by atoms with Gasteiger partial charge in [0.05, 0.1) is 13.2 Å². The Bertz CT molecular complexity index is 766. The summed E-state index contributed by atoms with van der Waals surface area (Å²) in [6.45, 7) is 16.7. The molecule has 0 fully saturated rings. The molecule has 1 unspecified atom stereocenters. The van der Waals surface area contributed by atoms with Crippen molar-refractivity contribution >= 4 is 31.3 Å². The van der Waals surface area contributed by atoms with Gasteiger partial charge in [0.25, 0.3) is 14.3 Å². The van der Waals surface area contributed by atoms with Gasteiger partial charge in [0.2, 0.25) is 0 Å². The highest BCUT2D eigenvalue weighted by Crippen LogP contribution is 2.51. The van der Waals surface area contributed by atoms with Gasteiger partial charge < -0.3 is 24.0 Å². The molecule has 0 spiro atoms. The molecule has 0 aliphatic heterocycles. The fourth-order valence-corrected chi connectivity index (χ4v) is 8.46. The molecular weight excluding hydrogens is 431 g/mol. The van der Waals surface area contributed by atoms with Crippen LogP contribution in [0.1, 0.15) is 62.3 Å². The lowest BCUT2D eigenvalue weighted by Gasteiger charge is -2.44. The van der Waals surface area contributed by atoms with Gasteiger partial charge in [0, 0.05) is 6.20 Å². The van der Waals surface area contributed by atoms with E-state index >= 15 is 4.11 Å². The number of anilines is 1. The summed E-state index contributed by atoms with van der Waals surface area (Å²) in [6, 6.07) is 3.31. The summed E-state index contributed by atoms with van der Waals surface area (Å²) in [5, 5.41) is 11.4. The minimum Gasteiger partial charge on any atom is -0.479 e. The second kappa shape index (κ2) is 10.4. The standard InChI is InChI=1S/C23H39FN2O5Si/c1-21(2,3)19(20(28)29)31-13-12-30-15-18(27)26-17-11-10-16(14-25-17)32(24,22(4,5)6)23(7,8)9/h10-11,14,19H,12-13,15H2,1-9H3,(H,28,29)(H,25,26,27). The Morgan fingerprint density at radius 1 is 1.06 bits per heavy atom. The predicted molar refractivity (Wildman–Crippen MR) is 126 cm³/mol. The number of pyridine rings is 1. The first-order valence-corrected chi connectivity index (χ1v) is 12.7. The van der Waals surface area contributed by atoms with Crippen molar-refractivity contribution in [2.75, 3.05) is 25.1 Å². The molecule has 0 aliphatic rings. The number of nitrogens with zero attached hydrogens (tertiary/aromatic N) is 1. The molecule has 1 rings (SSSR count). The topological polar surface area (TPSA) is 97.8 Å². The van der Waals surface area contributed by atoms with E-state index in [0.717, 1.165) is 0 Å². The lowest BCUT2D eigenvalue weighted by molar-refractivity contribution is -0.159. The number of hydrogen-bond acceptors (Lipinski definition) is 5. The minimum atomic E-state index is -3.41. The maximum absolute atomic E-state index is 16.3. The molecule has 0 saturated heterocycles. The molecule has 1 atom stereocenters. The minimum absolute atomic E-state index is 0.0529. The number of aliphatic carboxylic acids is 1. The molecule has 1 heterocycles. The van der Waals surface area contributed by atoms with E-state index in [4.69, 9.17) is 9.47 Å². The second-order valence-electron chi connectivity index (χ2n) is 11.1. The number of halogens is 1. The normalized spacial score (nSPS) is 14.2. The fraction of sp³-hybridized carbons (Fsp3) is 0.696. The van der Waals surface area contributed by atoms with Crippen molar-refractivity contribution in [2.24, 2.45) is 5.41 Å². The largest absolute Gasteiger partial charge is 0.479 e. The molecule has 7 nitrogen and oxygen atoms in total.